The maximum Gasteiger partial charge on any atom is 0.223 e. The molecule has 2 rings (SSSR count). The molecule has 1 fully saturated rings. The van der Waals surface area contributed by atoms with Crippen LogP contribution < -0.4 is 5.32 Å². The van der Waals surface area contributed by atoms with E-state index < -0.39 is 0 Å². The van der Waals surface area contributed by atoms with Crippen molar-refractivity contribution in [3.8, 4) is 0 Å². The second kappa shape index (κ2) is 4.69. The molecule has 0 unspecified atom stereocenters. The minimum Gasteiger partial charge on any atom is -0.356 e. The average molecular weight is 217 g/mol. The molecular formula is C14H19NO. The van der Waals surface area contributed by atoms with Crippen molar-refractivity contribution in [3.63, 3.8) is 0 Å². The summed E-state index contributed by atoms with van der Waals surface area (Å²) in [5.74, 6) is 0.559. The lowest BCUT2D eigenvalue weighted by molar-refractivity contribution is -0.122. The van der Waals surface area contributed by atoms with Crippen LogP contribution >= 0.6 is 0 Å². The lowest BCUT2D eigenvalue weighted by Crippen LogP contribution is -2.27. The highest BCUT2D eigenvalue weighted by molar-refractivity contribution is 5.80. The van der Waals surface area contributed by atoms with Gasteiger partial charge in [0, 0.05) is 12.5 Å². The fourth-order valence-electron chi connectivity index (χ4n) is 1.88. The molecule has 86 valence electrons. The summed E-state index contributed by atoms with van der Waals surface area (Å²) < 4.78 is 0. The Hall–Kier alpha value is -1.31. The van der Waals surface area contributed by atoms with Crippen molar-refractivity contribution >= 4 is 5.91 Å². The van der Waals surface area contributed by atoms with Gasteiger partial charge in [-0.15, -0.1) is 0 Å². The van der Waals surface area contributed by atoms with Crippen LogP contribution in [0.5, 0.6) is 0 Å². The number of carbonyl (C=O) groups excluding carboxylic acids is 1. The molecule has 0 radical (unpaired) electrons. The second-order valence-corrected chi connectivity index (χ2v) is 4.75. The van der Waals surface area contributed by atoms with E-state index in [-0.39, 0.29) is 5.91 Å². The summed E-state index contributed by atoms with van der Waals surface area (Å²) in [5.41, 5.74) is 3.94. The monoisotopic (exact) mass is 217 g/mol. The quantitative estimate of drug-likeness (QED) is 0.824. The molecule has 1 aromatic rings. The first-order chi connectivity index (χ1) is 7.66. The Balaban J connectivity index is 1.84. The van der Waals surface area contributed by atoms with Gasteiger partial charge in [-0.05, 0) is 44.2 Å². The highest BCUT2D eigenvalue weighted by Gasteiger charge is 2.28. The summed E-state index contributed by atoms with van der Waals surface area (Å²) >= 11 is 0. The molecule has 0 spiro atoms. The number of hydrogen-bond donors (Lipinski definition) is 1. The number of amides is 1. The lowest BCUT2D eigenvalue weighted by atomic mass is 10.0. The summed E-state index contributed by atoms with van der Waals surface area (Å²) in [5, 5.41) is 3.00. The molecule has 0 atom stereocenters. The molecule has 0 aromatic heterocycles. The average Bonchev–Trinajstić information content (AvgIpc) is 3.06. The maximum atomic E-state index is 11.4. The van der Waals surface area contributed by atoms with Crippen LogP contribution in [-0.4, -0.2) is 12.5 Å². The first kappa shape index (κ1) is 11.2. The zero-order chi connectivity index (χ0) is 11.5. The zero-order valence-corrected chi connectivity index (χ0v) is 10.0. The standard InChI is InChI=1S/C14H19NO/c1-10-3-4-11(2)13(9-10)7-8-15-14(16)12-5-6-12/h3-4,9,12H,5-8H2,1-2H3,(H,15,16). The van der Waals surface area contributed by atoms with Gasteiger partial charge < -0.3 is 5.32 Å². The molecule has 1 aliphatic rings. The van der Waals surface area contributed by atoms with Crippen LogP contribution in [0.2, 0.25) is 0 Å². The van der Waals surface area contributed by atoms with Crippen molar-refractivity contribution < 1.29 is 4.79 Å². The Bertz CT molecular complexity index is 394. The molecule has 16 heavy (non-hydrogen) atoms. The van der Waals surface area contributed by atoms with Gasteiger partial charge in [0.05, 0.1) is 0 Å². The molecule has 0 saturated heterocycles. The van der Waals surface area contributed by atoms with Gasteiger partial charge in [-0.25, -0.2) is 0 Å². The summed E-state index contributed by atoms with van der Waals surface area (Å²) in [6.45, 7) is 4.99. The molecule has 2 heteroatoms. The fraction of sp³-hybridized carbons (Fsp3) is 0.500. The Kier molecular flexibility index (Phi) is 3.28. The molecule has 0 aliphatic heterocycles. The van der Waals surface area contributed by atoms with E-state index in [1.807, 2.05) is 0 Å². The third-order valence-electron chi connectivity index (χ3n) is 3.15. The number of nitrogens with one attached hydrogen (secondary N) is 1. The number of rotatable bonds is 4. The predicted molar refractivity (Wildman–Crippen MR) is 65.4 cm³/mol. The van der Waals surface area contributed by atoms with E-state index >= 15 is 0 Å². The highest BCUT2D eigenvalue weighted by atomic mass is 16.2. The van der Waals surface area contributed by atoms with Crippen LogP contribution in [-0.2, 0) is 11.2 Å². The normalized spacial score (nSPS) is 14.9. The predicted octanol–water partition coefficient (Wildman–Crippen LogP) is 2.37. The molecule has 0 heterocycles. The van der Waals surface area contributed by atoms with Crippen LogP contribution in [0.25, 0.3) is 0 Å². The van der Waals surface area contributed by atoms with Gasteiger partial charge in [-0.1, -0.05) is 23.8 Å². The van der Waals surface area contributed by atoms with Gasteiger partial charge in [0.2, 0.25) is 5.91 Å². The Morgan fingerprint density at radius 1 is 1.38 bits per heavy atom. The number of aryl methyl sites for hydroxylation is 2. The summed E-state index contributed by atoms with van der Waals surface area (Å²) in [6.07, 6.45) is 3.09. The van der Waals surface area contributed by atoms with E-state index in [0.717, 1.165) is 25.8 Å². The largest absolute Gasteiger partial charge is 0.356 e. The molecule has 1 N–H and O–H groups in total. The van der Waals surface area contributed by atoms with Crippen molar-refractivity contribution in [2.45, 2.75) is 33.1 Å². The van der Waals surface area contributed by atoms with Gasteiger partial charge in [-0.2, -0.15) is 0 Å². The van der Waals surface area contributed by atoms with Crippen LogP contribution in [0.15, 0.2) is 18.2 Å². The minimum atomic E-state index is 0.241. The van der Waals surface area contributed by atoms with Crippen molar-refractivity contribution in [3.05, 3.63) is 34.9 Å². The third-order valence-corrected chi connectivity index (χ3v) is 3.15. The smallest absolute Gasteiger partial charge is 0.223 e. The number of benzene rings is 1. The molecular weight excluding hydrogens is 198 g/mol. The van der Waals surface area contributed by atoms with Crippen molar-refractivity contribution in [1.29, 1.82) is 0 Å². The lowest BCUT2D eigenvalue weighted by Gasteiger charge is -2.08. The van der Waals surface area contributed by atoms with E-state index in [9.17, 15) is 4.79 Å². The van der Waals surface area contributed by atoms with Crippen LogP contribution in [0.3, 0.4) is 0 Å². The topological polar surface area (TPSA) is 29.1 Å². The van der Waals surface area contributed by atoms with E-state index in [2.05, 4.69) is 37.4 Å². The van der Waals surface area contributed by atoms with Crippen LogP contribution in [0.1, 0.15) is 29.5 Å². The second-order valence-electron chi connectivity index (χ2n) is 4.75. The van der Waals surface area contributed by atoms with E-state index in [1.165, 1.54) is 16.7 Å². The number of carbonyl (C=O) groups is 1. The van der Waals surface area contributed by atoms with Gasteiger partial charge in [0.15, 0.2) is 0 Å². The molecule has 0 bridgehead atoms. The third kappa shape index (κ3) is 2.84. The molecule has 2 nitrogen and oxygen atoms in total. The Labute approximate surface area is 97.1 Å². The fourth-order valence-corrected chi connectivity index (χ4v) is 1.88. The maximum absolute atomic E-state index is 11.4. The van der Waals surface area contributed by atoms with Gasteiger partial charge >= 0.3 is 0 Å². The van der Waals surface area contributed by atoms with E-state index in [0.29, 0.717) is 5.92 Å². The Morgan fingerprint density at radius 3 is 2.81 bits per heavy atom. The molecule has 1 amide bonds. The van der Waals surface area contributed by atoms with Crippen LogP contribution in [0.4, 0.5) is 0 Å². The van der Waals surface area contributed by atoms with Crippen LogP contribution in [0, 0.1) is 19.8 Å². The van der Waals surface area contributed by atoms with Crippen molar-refractivity contribution in [2.75, 3.05) is 6.54 Å². The van der Waals surface area contributed by atoms with Crippen molar-refractivity contribution in [1.82, 2.24) is 5.32 Å². The molecule has 1 aliphatic carbocycles. The van der Waals surface area contributed by atoms with Gasteiger partial charge in [-0.3, -0.25) is 4.79 Å². The molecule has 1 saturated carbocycles. The Morgan fingerprint density at radius 2 is 2.12 bits per heavy atom. The zero-order valence-electron chi connectivity index (χ0n) is 10.0. The van der Waals surface area contributed by atoms with Crippen molar-refractivity contribution in [2.24, 2.45) is 5.92 Å². The first-order valence-corrected chi connectivity index (χ1v) is 6.00. The number of hydrogen-bond acceptors (Lipinski definition) is 1. The highest BCUT2D eigenvalue weighted by Crippen LogP contribution is 2.28. The summed E-state index contributed by atoms with van der Waals surface area (Å²) in [7, 11) is 0. The van der Waals surface area contributed by atoms with E-state index in [4.69, 9.17) is 0 Å². The minimum absolute atomic E-state index is 0.241. The van der Waals surface area contributed by atoms with Gasteiger partial charge in [0.1, 0.15) is 0 Å². The summed E-state index contributed by atoms with van der Waals surface area (Å²) in [6, 6.07) is 6.48. The summed E-state index contributed by atoms with van der Waals surface area (Å²) in [4.78, 5) is 11.4. The van der Waals surface area contributed by atoms with Gasteiger partial charge in [0.25, 0.3) is 0 Å². The SMILES string of the molecule is Cc1ccc(C)c(CCNC(=O)C2CC2)c1. The first-order valence-electron chi connectivity index (χ1n) is 6.00. The van der Waals surface area contributed by atoms with E-state index in [1.54, 1.807) is 0 Å². The molecule has 1 aromatic carbocycles.